The lowest BCUT2D eigenvalue weighted by Crippen LogP contribution is -1.99. The number of alkyl halides is 1. The van der Waals surface area contributed by atoms with Gasteiger partial charge in [0.2, 0.25) is 0 Å². The third-order valence-corrected chi connectivity index (χ3v) is 3.99. The number of nitro groups is 1. The summed E-state index contributed by atoms with van der Waals surface area (Å²) in [5, 5.41) is 12.3. The van der Waals surface area contributed by atoms with Gasteiger partial charge in [-0.1, -0.05) is 45.2 Å². The molecule has 7 heteroatoms. The predicted molar refractivity (Wildman–Crippen MR) is 86.5 cm³/mol. The van der Waals surface area contributed by atoms with Gasteiger partial charge in [0, 0.05) is 38.6 Å². The molecule has 0 aliphatic rings. The molecular weight excluding hydrogens is 381 g/mol. The van der Waals surface area contributed by atoms with E-state index in [1.807, 2.05) is 0 Å². The third kappa shape index (κ3) is 4.09. The number of nitro benzene ring substituents is 1. The highest BCUT2D eigenvalue weighted by Crippen LogP contribution is 2.28. The Morgan fingerprint density at radius 2 is 1.90 bits per heavy atom. The van der Waals surface area contributed by atoms with E-state index in [-0.39, 0.29) is 12.3 Å². The van der Waals surface area contributed by atoms with Gasteiger partial charge < -0.3 is 4.74 Å². The molecule has 0 aromatic heterocycles. The van der Waals surface area contributed by atoms with Crippen molar-refractivity contribution in [2.24, 2.45) is 0 Å². The molecule has 0 saturated carbocycles. The zero-order chi connectivity index (χ0) is 15.4. The molecule has 0 amide bonds. The van der Waals surface area contributed by atoms with Crippen molar-refractivity contribution in [1.29, 1.82) is 0 Å². The van der Waals surface area contributed by atoms with Crippen LogP contribution in [0, 0.1) is 10.1 Å². The van der Waals surface area contributed by atoms with Crippen molar-refractivity contribution in [3.05, 3.63) is 67.7 Å². The average Bonchev–Trinajstić information content (AvgIpc) is 2.46. The van der Waals surface area contributed by atoms with Crippen molar-refractivity contribution in [1.82, 2.24) is 0 Å². The van der Waals surface area contributed by atoms with Gasteiger partial charge in [0.25, 0.3) is 5.69 Å². The van der Waals surface area contributed by atoms with Gasteiger partial charge in [0.15, 0.2) is 0 Å². The standard InChI is InChI=1S/C14H10BrCl2NO3/c15-7-10-5-12(18(19)20)3-4-14(10)21-8-9-1-2-11(16)6-13(9)17/h1-6H,7-8H2. The van der Waals surface area contributed by atoms with E-state index in [1.165, 1.54) is 12.1 Å². The number of nitrogens with zero attached hydrogens (tertiary/aromatic N) is 1. The van der Waals surface area contributed by atoms with Crippen molar-refractivity contribution in [3.8, 4) is 5.75 Å². The van der Waals surface area contributed by atoms with Crippen molar-refractivity contribution in [2.45, 2.75) is 11.9 Å². The SMILES string of the molecule is O=[N+]([O-])c1ccc(OCc2ccc(Cl)cc2Cl)c(CBr)c1. The summed E-state index contributed by atoms with van der Waals surface area (Å²) in [6.45, 7) is 0.258. The monoisotopic (exact) mass is 389 g/mol. The Labute approximate surface area is 139 Å². The lowest BCUT2D eigenvalue weighted by molar-refractivity contribution is -0.384. The summed E-state index contributed by atoms with van der Waals surface area (Å²) in [4.78, 5) is 10.3. The van der Waals surface area contributed by atoms with Crippen LogP contribution < -0.4 is 4.74 Å². The average molecular weight is 391 g/mol. The van der Waals surface area contributed by atoms with Crippen LogP contribution in [0.25, 0.3) is 0 Å². The first-order valence-corrected chi connectivity index (χ1v) is 7.79. The van der Waals surface area contributed by atoms with Crippen LogP contribution in [-0.4, -0.2) is 4.92 Å². The highest BCUT2D eigenvalue weighted by molar-refractivity contribution is 9.08. The minimum absolute atomic E-state index is 0.0290. The zero-order valence-corrected chi connectivity index (χ0v) is 13.8. The van der Waals surface area contributed by atoms with Crippen LogP contribution in [0.5, 0.6) is 5.75 Å². The maximum absolute atomic E-state index is 10.8. The van der Waals surface area contributed by atoms with Crippen molar-refractivity contribution in [3.63, 3.8) is 0 Å². The third-order valence-electron chi connectivity index (χ3n) is 2.80. The summed E-state index contributed by atoms with van der Waals surface area (Å²) >= 11 is 15.2. The van der Waals surface area contributed by atoms with E-state index >= 15 is 0 Å². The van der Waals surface area contributed by atoms with Gasteiger partial charge in [-0.2, -0.15) is 0 Å². The van der Waals surface area contributed by atoms with Gasteiger partial charge in [-0.25, -0.2) is 0 Å². The second-order valence-corrected chi connectivity index (χ2v) is 5.61. The molecule has 0 fully saturated rings. The van der Waals surface area contributed by atoms with Crippen LogP contribution in [0.1, 0.15) is 11.1 Å². The van der Waals surface area contributed by atoms with Crippen LogP contribution in [0.3, 0.4) is 0 Å². The van der Waals surface area contributed by atoms with E-state index < -0.39 is 4.92 Å². The van der Waals surface area contributed by atoms with Crippen molar-refractivity contribution < 1.29 is 9.66 Å². The van der Waals surface area contributed by atoms with Gasteiger partial charge in [0.05, 0.1) is 4.92 Å². The first kappa shape index (κ1) is 16.1. The number of hydrogen-bond acceptors (Lipinski definition) is 3. The number of hydrogen-bond donors (Lipinski definition) is 0. The smallest absolute Gasteiger partial charge is 0.270 e. The maximum Gasteiger partial charge on any atom is 0.270 e. The number of rotatable bonds is 5. The Bertz CT molecular complexity index is 679. The van der Waals surface area contributed by atoms with Gasteiger partial charge >= 0.3 is 0 Å². The fourth-order valence-corrected chi connectivity index (χ4v) is 2.62. The number of benzene rings is 2. The quantitative estimate of drug-likeness (QED) is 0.391. The molecular formula is C14H10BrCl2NO3. The molecule has 0 N–H and O–H groups in total. The van der Waals surface area contributed by atoms with E-state index in [0.29, 0.717) is 26.7 Å². The normalized spacial score (nSPS) is 10.4. The highest BCUT2D eigenvalue weighted by atomic mass is 79.9. The fraction of sp³-hybridized carbons (Fsp3) is 0.143. The molecule has 0 spiro atoms. The molecule has 21 heavy (non-hydrogen) atoms. The summed E-state index contributed by atoms with van der Waals surface area (Å²) in [5.41, 5.74) is 1.52. The number of halogens is 3. The summed E-state index contributed by atoms with van der Waals surface area (Å²) in [5.74, 6) is 0.573. The Hall–Kier alpha value is -1.30. The van der Waals surface area contributed by atoms with Gasteiger partial charge in [0.1, 0.15) is 12.4 Å². The first-order chi connectivity index (χ1) is 10.0. The second kappa shape index (κ2) is 7.11. The summed E-state index contributed by atoms with van der Waals surface area (Å²) in [6.07, 6.45) is 0. The van der Waals surface area contributed by atoms with Crippen LogP contribution in [0.15, 0.2) is 36.4 Å². The van der Waals surface area contributed by atoms with Gasteiger partial charge in [-0.15, -0.1) is 0 Å². The van der Waals surface area contributed by atoms with Crippen LogP contribution in [0.4, 0.5) is 5.69 Å². The van der Waals surface area contributed by atoms with E-state index in [4.69, 9.17) is 27.9 Å². The summed E-state index contributed by atoms with van der Waals surface area (Å²) in [7, 11) is 0. The van der Waals surface area contributed by atoms with Gasteiger partial charge in [-0.05, 0) is 18.2 Å². The summed E-state index contributed by atoms with van der Waals surface area (Å²) in [6, 6.07) is 9.62. The molecule has 0 saturated heterocycles. The van der Waals surface area contributed by atoms with E-state index in [1.54, 1.807) is 24.3 Å². The molecule has 2 aromatic rings. The van der Waals surface area contributed by atoms with E-state index in [2.05, 4.69) is 15.9 Å². The largest absolute Gasteiger partial charge is 0.489 e. The van der Waals surface area contributed by atoms with E-state index in [0.717, 1.165) is 5.56 Å². The van der Waals surface area contributed by atoms with Gasteiger partial charge in [-0.3, -0.25) is 10.1 Å². The Morgan fingerprint density at radius 1 is 1.14 bits per heavy atom. The molecule has 0 heterocycles. The lowest BCUT2D eigenvalue weighted by atomic mass is 10.2. The summed E-state index contributed by atoms with van der Waals surface area (Å²) < 4.78 is 5.69. The molecule has 4 nitrogen and oxygen atoms in total. The molecule has 0 atom stereocenters. The molecule has 2 aromatic carbocycles. The fourth-order valence-electron chi connectivity index (χ4n) is 1.72. The molecule has 0 bridgehead atoms. The minimum Gasteiger partial charge on any atom is -0.489 e. The first-order valence-electron chi connectivity index (χ1n) is 5.91. The molecule has 0 aliphatic heterocycles. The van der Waals surface area contributed by atoms with Crippen LogP contribution >= 0.6 is 39.1 Å². The Morgan fingerprint density at radius 3 is 2.52 bits per heavy atom. The van der Waals surface area contributed by atoms with Crippen molar-refractivity contribution in [2.75, 3.05) is 0 Å². The maximum atomic E-state index is 10.8. The van der Waals surface area contributed by atoms with Crippen LogP contribution in [-0.2, 0) is 11.9 Å². The molecule has 0 radical (unpaired) electrons. The lowest BCUT2D eigenvalue weighted by Gasteiger charge is -2.11. The highest BCUT2D eigenvalue weighted by Gasteiger charge is 2.11. The molecule has 110 valence electrons. The second-order valence-electron chi connectivity index (χ2n) is 4.21. The topological polar surface area (TPSA) is 52.4 Å². The molecule has 0 unspecified atom stereocenters. The predicted octanol–water partition coefficient (Wildman–Crippen LogP) is 5.38. The van der Waals surface area contributed by atoms with E-state index in [9.17, 15) is 10.1 Å². The Balaban J connectivity index is 2.17. The number of non-ortho nitro benzene ring substituents is 1. The van der Waals surface area contributed by atoms with Crippen molar-refractivity contribution >= 4 is 44.8 Å². The Kier molecular flexibility index (Phi) is 5.45. The molecule has 2 rings (SSSR count). The van der Waals surface area contributed by atoms with Crippen LogP contribution in [0.2, 0.25) is 10.0 Å². The minimum atomic E-state index is -0.438. The molecule has 0 aliphatic carbocycles. The number of ether oxygens (including phenoxy) is 1. The zero-order valence-electron chi connectivity index (χ0n) is 10.7.